The number of hydrogen-bond donors (Lipinski definition) is 2. The molecule has 0 saturated heterocycles. The van der Waals surface area contributed by atoms with Crippen LogP contribution in [-0.4, -0.2) is 22.7 Å². The Morgan fingerprint density at radius 2 is 1.65 bits per heavy atom. The number of rotatable bonds is 6. The van der Waals surface area contributed by atoms with Crippen LogP contribution in [0, 0.1) is 5.82 Å². The molecule has 6 nitrogen and oxygen atoms in total. The van der Waals surface area contributed by atoms with Gasteiger partial charge in [0.05, 0.1) is 6.61 Å². The SMILES string of the molecule is CCOc1ccc(NC(=O)c2ccc(Nc3ccc(F)cc3)nn2)cc1. The van der Waals surface area contributed by atoms with Crippen LogP contribution in [0.3, 0.4) is 0 Å². The van der Waals surface area contributed by atoms with Gasteiger partial charge in [-0.3, -0.25) is 4.79 Å². The Labute approximate surface area is 150 Å². The molecule has 2 N–H and O–H groups in total. The molecule has 3 rings (SSSR count). The largest absolute Gasteiger partial charge is 0.494 e. The lowest BCUT2D eigenvalue weighted by Crippen LogP contribution is -2.14. The highest BCUT2D eigenvalue weighted by molar-refractivity contribution is 6.02. The number of carbonyl (C=O) groups is 1. The van der Waals surface area contributed by atoms with E-state index in [1.165, 1.54) is 12.1 Å². The lowest BCUT2D eigenvalue weighted by atomic mass is 10.3. The second-order valence-electron chi connectivity index (χ2n) is 5.35. The number of benzene rings is 2. The molecule has 2 aromatic carbocycles. The Morgan fingerprint density at radius 1 is 0.962 bits per heavy atom. The lowest BCUT2D eigenvalue weighted by molar-refractivity contribution is 0.102. The van der Waals surface area contributed by atoms with E-state index in [-0.39, 0.29) is 17.4 Å². The van der Waals surface area contributed by atoms with Crippen molar-refractivity contribution in [2.24, 2.45) is 0 Å². The number of carbonyl (C=O) groups excluding carboxylic acids is 1. The molecule has 0 radical (unpaired) electrons. The van der Waals surface area contributed by atoms with Crippen LogP contribution in [0.25, 0.3) is 0 Å². The van der Waals surface area contributed by atoms with E-state index >= 15 is 0 Å². The van der Waals surface area contributed by atoms with Crippen LogP contribution in [0.2, 0.25) is 0 Å². The van der Waals surface area contributed by atoms with E-state index in [9.17, 15) is 9.18 Å². The number of halogens is 1. The number of anilines is 3. The van der Waals surface area contributed by atoms with Gasteiger partial charge >= 0.3 is 0 Å². The summed E-state index contributed by atoms with van der Waals surface area (Å²) >= 11 is 0. The summed E-state index contributed by atoms with van der Waals surface area (Å²) in [6, 6.07) is 16.1. The molecule has 0 aliphatic carbocycles. The minimum absolute atomic E-state index is 0.184. The third-order valence-corrected chi connectivity index (χ3v) is 3.44. The van der Waals surface area contributed by atoms with Gasteiger partial charge in [-0.05, 0) is 67.6 Å². The third kappa shape index (κ3) is 4.54. The average Bonchev–Trinajstić information content (AvgIpc) is 2.66. The molecule has 0 spiro atoms. The molecule has 0 unspecified atom stereocenters. The van der Waals surface area contributed by atoms with Crippen molar-refractivity contribution in [2.75, 3.05) is 17.2 Å². The summed E-state index contributed by atoms with van der Waals surface area (Å²) in [5.74, 6) is 0.508. The molecule has 132 valence electrons. The molecule has 1 heterocycles. The zero-order valence-electron chi connectivity index (χ0n) is 14.1. The highest BCUT2D eigenvalue weighted by atomic mass is 19.1. The van der Waals surface area contributed by atoms with E-state index in [1.807, 2.05) is 6.92 Å². The van der Waals surface area contributed by atoms with Crippen molar-refractivity contribution in [3.8, 4) is 5.75 Å². The molecular weight excluding hydrogens is 335 g/mol. The summed E-state index contributed by atoms with van der Waals surface area (Å²) in [7, 11) is 0. The Morgan fingerprint density at radius 3 is 2.27 bits per heavy atom. The molecule has 1 aromatic heterocycles. The second kappa shape index (κ2) is 8.06. The number of nitrogens with zero attached hydrogens (tertiary/aromatic N) is 2. The topological polar surface area (TPSA) is 76.1 Å². The molecule has 0 aliphatic rings. The summed E-state index contributed by atoms with van der Waals surface area (Å²) in [5.41, 5.74) is 1.49. The Kier molecular flexibility index (Phi) is 5.38. The first-order valence-electron chi connectivity index (χ1n) is 8.04. The van der Waals surface area contributed by atoms with Crippen molar-refractivity contribution in [1.82, 2.24) is 10.2 Å². The summed E-state index contributed by atoms with van der Waals surface area (Å²) in [6.07, 6.45) is 0. The van der Waals surface area contributed by atoms with Crippen molar-refractivity contribution < 1.29 is 13.9 Å². The fourth-order valence-electron chi connectivity index (χ4n) is 2.20. The maximum absolute atomic E-state index is 12.9. The van der Waals surface area contributed by atoms with Crippen LogP contribution in [0.15, 0.2) is 60.7 Å². The van der Waals surface area contributed by atoms with Gasteiger partial charge in [0.25, 0.3) is 5.91 Å². The molecule has 0 fully saturated rings. The van der Waals surface area contributed by atoms with Crippen molar-refractivity contribution in [3.05, 3.63) is 72.2 Å². The Hall–Kier alpha value is -3.48. The summed E-state index contributed by atoms with van der Waals surface area (Å²) in [4.78, 5) is 12.2. The predicted octanol–water partition coefficient (Wildman–Crippen LogP) is 4.01. The van der Waals surface area contributed by atoms with Crippen LogP contribution in [0.5, 0.6) is 5.75 Å². The van der Waals surface area contributed by atoms with E-state index in [4.69, 9.17) is 4.74 Å². The molecule has 0 aliphatic heterocycles. The summed E-state index contributed by atoms with van der Waals surface area (Å²) in [5, 5.41) is 13.6. The Bertz CT molecular complexity index is 866. The summed E-state index contributed by atoms with van der Waals surface area (Å²) in [6.45, 7) is 2.49. The molecule has 26 heavy (non-hydrogen) atoms. The van der Waals surface area contributed by atoms with Crippen LogP contribution in [0.4, 0.5) is 21.6 Å². The number of aromatic nitrogens is 2. The molecule has 0 saturated carbocycles. The minimum Gasteiger partial charge on any atom is -0.494 e. The van der Waals surface area contributed by atoms with Crippen molar-refractivity contribution in [2.45, 2.75) is 6.92 Å². The van der Waals surface area contributed by atoms with E-state index in [0.717, 1.165) is 5.75 Å². The quantitative estimate of drug-likeness (QED) is 0.701. The maximum atomic E-state index is 12.9. The fraction of sp³-hybridized carbons (Fsp3) is 0.105. The van der Waals surface area contributed by atoms with E-state index in [2.05, 4.69) is 20.8 Å². The first-order valence-corrected chi connectivity index (χ1v) is 8.04. The molecule has 1 amide bonds. The number of hydrogen-bond acceptors (Lipinski definition) is 5. The van der Waals surface area contributed by atoms with Crippen LogP contribution in [-0.2, 0) is 0 Å². The fourth-order valence-corrected chi connectivity index (χ4v) is 2.20. The van der Waals surface area contributed by atoms with Crippen molar-refractivity contribution in [3.63, 3.8) is 0 Å². The van der Waals surface area contributed by atoms with Gasteiger partial charge in [-0.2, -0.15) is 0 Å². The summed E-state index contributed by atoms with van der Waals surface area (Å²) < 4.78 is 18.3. The van der Waals surface area contributed by atoms with Crippen molar-refractivity contribution in [1.29, 1.82) is 0 Å². The second-order valence-corrected chi connectivity index (χ2v) is 5.35. The maximum Gasteiger partial charge on any atom is 0.276 e. The average molecular weight is 352 g/mol. The molecule has 0 bridgehead atoms. The first kappa shape index (κ1) is 17.3. The predicted molar refractivity (Wildman–Crippen MR) is 97.3 cm³/mol. The van der Waals surface area contributed by atoms with Gasteiger partial charge in [0, 0.05) is 11.4 Å². The van der Waals surface area contributed by atoms with Gasteiger partial charge in [0.1, 0.15) is 11.6 Å². The minimum atomic E-state index is -0.366. The monoisotopic (exact) mass is 352 g/mol. The number of ether oxygens (including phenoxy) is 1. The van der Waals surface area contributed by atoms with Gasteiger partial charge in [-0.25, -0.2) is 4.39 Å². The van der Waals surface area contributed by atoms with E-state index < -0.39 is 0 Å². The number of amides is 1. The van der Waals surface area contributed by atoms with Crippen LogP contribution in [0.1, 0.15) is 17.4 Å². The highest BCUT2D eigenvalue weighted by Gasteiger charge is 2.09. The normalized spacial score (nSPS) is 10.2. The van der Waals surface area contributed by atoms with Crippen LogP contribution < -0.4 is 15.4 Å². The zero-order chi connectivity index (χ0) is 18.4. The number of nitrogens with one attached hydrogen (secondary N) is 2. The lowest BCUT2D eigenvalue weighted by Gasteiger charge is -2.07. The Balaban J connectivity index is 1.62. The molecule has 0 atom stereocenters. The van der Waals surface area contributed by atoms with Gasteiger partial charge in [0.2, 0.25) is 0 Å². The molecule has 3 aromatic rings. The van der Waals surface area contributed by atoms with Crippen molar-refractivity contribution >= 4 is 23.1 Å². The van der Waals surface area contributed by atoms with E-state index in [1.54, 1.807) is 48.5 Å². The van der Waals surface area contributed by atoms with Gasteiger partial charge in [0.15, 0.2) is 11.5 Å². The standard InChI is InChI=1S/C19H17FN4O2/c1-2-26-16-9-7-15(8-10-16)22-19(25)17-11-12-18(24-23-17)21-14-5-3-13(20)4-6-14/h3-12H,2H2,1H3,(H,21,24)(H,22,25). The molecule has 7 heteroatoms. The van der Waals surface area contributed by atoms with Gasteiger partial charge in [-0.15, -0.1) is 10.2 Å². The molecular formula is C19H17FN4O2. The van der Waals surface area contributed by atoms with Gasteiger partial charge in [-0.1, -0.05) is 0 Å². The smallest absolute Gasteiger partial charge is 0.276 e. The highest BCUT2D eigenvalue weighted by Crippen LogP contribution is 2.17. The van der Waals surface area contributed by atoms with Crippen LogP contribution >= 0.6 is 0 Å². The van der Waals surface area contributed by atoms with E-state index in [0.29, 0.717) is 23.8 Å². The zero-order valence-corrected chi connectivity index (χ0v) is 14.1. The third-order valence-electron chi connectivity index (χ3n) is 3.44. The first-order chi connectivity index (χ1) is 12.6. The van der Waals surface area contributed by atoms with Gasteiger partial charge < -0.3 is 15.4 Å².